The first-order chi connectivity index (χ1) is 13.8. The molecule has 1 aromatic carbocycles. The van der Waals surface area contributed by atoms with Crippen molar-refractivity contribution in [3.63, 3.8) is 0 Å². The molecule has 5 nitrogen and oxygen atoms in total. The molecule has 0 radical (unpaired) electrons. The summed E-state index contributed by atoms with van der Waals surface area (Å²) >= 11 is 0. The van der Waals surface area contributed by atoms with Gasteiger partial charge in [0.2, 0.25) is 0 Å². The number of pyridine rings is 1. The minimum Gasteiger partial charge on any atom is -0.497 e. The topological polar surface area (TPSA) is 52.0 Å². The second-order valence-corrected chi connectivity index (χ2v) is 7.02. The van der Waals surface area contributed by atoms with Crippen LogP contribution in [-0.4, -0.2) is 28.9 Å². The first kappa shape index (κ1) is 18.3. The third-order valence-electron chi connectivity index (χ3n) is 5.20. The van der Waals surface area contributed by atoms with E-state index in [-0.39, 0.29) is 0 Å². The van der Waals surface area contributed by atoms with Gasteiger partial charge >= 0.3 is 0 Å². The van der Waals surface area contributed by atoms with Gasteiger partial charge in [-0.05, 0) is 61.1 Å². The highest BCUT2D eigenvalue weighted by Gasteiger charge is 2.23. The molecule has 0 unspecified atom stereocenters. The molecule has 0 atom stereocenters. The summed E-state index contributed by atoms with van der Waals surface area (Å²) in [5, 5.41) is 8.39. The molecule has 0 fully saturated rings. The van der Waals surface area contributed by atoms with Crippen molar-refractivity contribution in [1.82, 2.24) is 14.8 Å². The Bertz CT molecular complexity index is 958. The molecular weight excluding hydrogens is 348 g/mol. The Hall–Kier alpha value is -3.08. The van der Waals surface area contributed by atoms with Crippen molar-refractivity contribution in [1.29, 1.82) is 0 Å². The van der Waals surface area contributed by atoms with E-state index >= 15 is 0 Å². The van der Waals surface area contributed by atoms with Crippen LogP contribution in [-0.2, 0) is 6.54 Å². The van der Waals surface area contributed by atoms with E-state index in [0.29, 0.717) is 6.54 Å². The molecule has 144 valence electrons. The van der Waals surface area contributed by atoms with Crippen LogP contribution in [0.5, 0.6) is 5.75 Å². The van der Waals surface area contributed by atoms with Gasteiger partial charge in [0, 0.05) is 18.8 Å². The second-order valence-electron chi connectivity index (χ2n) is 7.02. The number of hydrogen-bond acceptors (Lipinski definition) is 4. The van der Waals surface area contributed by atoms with Gasteiger partial charge in [-0.15, -0.1) is 0 Å². The Kier molecular flexibility index (Phi) is 5.42. The van der Waals surface area contributed by atoms with Crippen molar-refractivity contribution in [2.75, 3.05) is 19.5 Å². The summed E-state index contributed by atoms with van der Waals surface area (Å²) in [4.78, 5) is 4.58. The zero-order valence-electron chi connectivity index (χ0n) is 16.5. The zero-order valence-corrected chi connectivity index (χ0v) is 16.5. The summed E-state index contributed by atoms with van der Waals surface area (Å²) in [6.07, 6.45) is 8.89. The molecule has 1 N–H and O–H groups in total. The molecular formula is C23H26N4O. The van der Waals surface area contributed by atoms with E-state index in [1.54, 1.807) is 7.11 Å². The number of ether oxygens (including phenoxy) is 1. The van der Waals surface area contributed by atoms with E-state index < -0.39 is 0 Å². The van der Waals surface area contributed by atoms with Crippen LogP contribution in [0.15, 0.2) is 54.7 Å². The van der Waals surface area contributed by atoms with Crippen molar-refractivity contribution >= 4 is 11.4 Å². The van der Waals surface area contributed by atoms with Crippen LogP contribution in [0.4, 0.5) is 5.82 Å². The van der Waals surface area contributed by atoms with Crippen LogP contribution in [0.3, 0.4) is 0 Å². The summed E-state index contributed by atoms with van der Waals surface area (Å²) in [5.41, 5.74) is 5.60. The Morgan fingerprint density at radius 2 is 1.96 bits per heavy atom. The highest BCUT2D eigenvalue weighted by molar-refractivity contribution is 5.85. The maximum absolute atomic E-state index is 5.27. The predicted molar refractivity (Wildman–Crippen MR) is 114 cm³/mol. The van der Waals surface area contributed by atoms with Crippen molar-refractivity contribution in [2.45, 2.75) is 32.2 Å². The van der Waals surface area contributed by atoms with Gasteiger partial charge < -0.3 is 10.1 Å². The van der Waals surface area contributed by atoms with Gasteiger partial charge in [0.15, 0.2) is 0 Å². The van der Waals surface area contributed by atoms with Gasteiger partial charge in [-0.25, -0.2) is 4.68 Å². The van der Waals surface area contributed by atoms with Crippen molar-refractivity contribution < 1.29 is 4.74 Å². The molecule has 2 heterocycles. The molecule has 3 aromatic rings. The first-order valence-corrected chi connectivity index (χ1v) is 9.82. The number of anilines is 1. The van der Waals surface area contributed by atoms with Gasteiger partial charge in [0.25, 0.3) is 0 Å². The molecule has 0 spiro atoms. The van der Waals surface area contributed by atoms with Crippen LogP contribution >= 0.6 is 0 Å². The molecule has 4 rings (SSSR count). The van der Waals surface area contributed by atoms with Crippen LogP contribution in [0.25, 0.3) is 17.0 Å². The monoisotopic (exact) mass is 374 g/mol. The predicted octanol–water partition coefficient (Wildman–Crippen LogP) is 5.00. The lowest BCUT2D eigenvalue weighted by atomic mass is 9.92. The van der Waals surface area contributed by atoms with E-state index in [1.807, 2.05) is 43.6 Å². The third kappa shape index (κ3) is 3.65. The largest absolute Gasteiger partial charge is 0.497 e. The van der Waals surface area contributed by atoms with E-state index in [2.05, 4.69) is 33.2 Å². The van der Waals surface area contributed by atoms with Crippen LogP contribution in [0.2, 0.25) is 0 Å². The van der Waals surface area contributed by atoms with E-state index in [1.165, 1.54) is 29.5 Å². The van der Waals surface area contributed by atoms with Gasteiger partial charge in [-0.2, -0.15) is 5.10 Å². The average molecular weight is 374 g/mol. The fourth-order valence-corrected chi connectivity index (χ4v) is 3.79. The summed E-state index contributed by atoms with van der Waals surface area (Å²) < 4.78 is 7.33. The van der Waals surface area contributed by atoms with Gasteiger partial charge in [-0.3, -0.25) is 4.98 Å². The normalized spacial score (nSPS) is 13.9. The van der Waals surface area contributed by atoms with E-state index in [4.69, 9.17) is 9.84 Å². The number of hydrogen-bond donors (Lipinski definition) is 1. The molecule has 0 bridgehead atoms. The zero-order chi connectivity index (χ0) is 19.3. The molecule has 5 heteroatoms. The molecule has 0 aliphatic heterocycles. The summed E-state index contributed by atoms with van der Waals surface area (Å²) in [6.45, 7) is 0.688. The highest BCUT2D eigenvalue weighted by Crippen LogP contribution is 2.38. The van der Waals surface area contributed by atoms with Crippen LogP contribution < -0.4 is 10.1 Å². The molecule has 0 amide bonds. The van der Waals surface area contributed by atoms with Crippen molar-refractivity contribution in [2.24, 2.45) is 0 Å². The average Bonchev–Trinajstić information content (AvgIpc) is 3.13. The van der Waals surface area contributed by atoms with Gasteiger partial charge in [-0.1, -0.05) is 24.3 Å². The molecule has 1 aliphatic rings. The maximum atomic E-state index is 5.27. The molecule has 2 aromatic heterocycles. The second kappa shape index (κ2) is 8.30. The Morgan fingerprint density at radius 1 is 1.11 bits per heavy atom. The van der Waals surface area contributed by atoms with Crippen LogP contribution in [0, 0.1) is 0 Å². The van der Waals surface area contributed by atoms with Gasteiger partial charge in [0.05, 0.1) is 19.3 Å². The Balaban J connectivity index is 1.80. The smallest absolute Gasteiger partial charge is 0.132 e. The molecule has 0 saturated carbocycles. The van der Waals surface area contributed by atoms with E-state index in [9.17, 15) is 0 Å². The number of allylic oxidation sites excluding steroid dienone is 2. The lowest BCUT2D eigenvalue weighted by Crippen LogP contribution is -2.07. The quantitative estimate of drug-likeness (QED) is 0.660. The number of benzene rings is 1. The SMILES string of the molecule is CNc1c(C2=CCCCC2)c(-c2ccccn2)nn1Cc1ccc(OC)cc1. The minimum atomic E-state index is 0.688. The number of rotatable bonds is 6. The Labute approximate surface area is 166 Å². The fourth-order valence-electron chi connectivity index (χ4n) is 3.79. The maximum Gasteiger partial charge on any atom is 0.132 e. The highest BCUT2D eigenvalue weighted by atomic mass is 16.5. The lowest BCUT2D eigenvalue weighted by Gasteiger charge is -2.15. The molecule has 28 heavy (non-hydrogen) atoms. The Morgan fingerprint density at radius 3 is 2.61 bits per heavy atom. The number of nitrogens with one attached hydrogen (secondary N) is 1. The number of methoxy groups -OCH3 is 1. The van der Waals surface area contributed by atoms with Gasteiger partial charge in [0.1, 0.15) is 17.3 Å². The third-order valence-corrected chi connectivity index (χ3v) is 5.20. The summed E-state index contributed by atoms with van der Waals surface area (Å²) in [5.74, 6) is 1.91. The molecule has 1 aliphatic carbocycles. The standard InChI is InChI=1S/C23H26N4O/c1-24-23-21(18-8-4-3-5-9-18)22(20-10-6-7-15-25-20)26-27(23)16-17-11-13-19(28-2)14-12-17/h6-8,10-15,24H,3-5,9,16H2,1-2H3. The fraction of sp³-hybridized carbons (Fsp3) is 0.304. The molecule has 0 saturated heterocycles. The lowest BCUT2D eigenvalue weighted by molar-refractivity contribution is 0.414. The van der Waals surface area contributed by atoms with Crippen LogP contribution in [0.1, 0.15) is 36.8 Å². The summed E-state index contributed by atoms with van der Waals surface area (Å²) in [7, 11) is 3.65. The number of nitrogens with zero attached hydrogens (tertiary/aromatic N) is 3. The number of aromatic nitrogens is 3. The van der Waals surface area contributed by atoms with Crippen molar-refractivity contribution in [3.8, 4) is 17.1 Å². The van der Waals surface area contributed by atoms with E-state index in [0.717, 1.165) is 35.8 Å². The summed E-state index contributed by atoms with van der Waals surface area (Å²) in [6, 6.07) is 14.1. The van der Waals surface area contributed by atoms with Crippen molar-refractivity contribution in [3.05, 3.63) is 65.9 Å². The first-order valence-electron chi connectivity index (χ1n) is 9.82. The minimum absolute atomic E-state index is 0.688.